The minimum Gasteiger partial charge on any atom is -0.325 e. The first kappa shape index (κ1) is 15.0. The Hall–Kier alpha value is -1.03. The van der Waals surface area contributed by atoms with Crippen LogP contribution in [0.1, 0.15) is 5.69 Å². The van der Waals surface area contributed by atoms with Crippen molar-refractivity contribution in [3.8, 4) is 0 Å². The van der Waals surface area contributed by atoms with E-state index in [1.807, 2.05) is 0 Å². The lowest BCUT2D eigenvalue weighted by Crippen LogP contribution is -2.30. The van der Waals surface area contributed by atoms with Crippen LogP contribution >= 0.6 is 0 Å². The summed E-state index contributed by atoms with van der Waals surface area (Å²) in [6.07, 6.45) is 2.48. The molecule has 1 aromatic rings. The highest BCUT2D eigenvalue weighted by atomic mass is 32.2. The molecule has 0 bridgehead atoms. The summed E-state index contributed by atoms with van der Waals surface area (Å²) in [6, 6.07) is 2.85. The Morgan fingerprint density at radius 1 is 1.33 bits per heavy atom. The number of sulfonamides is 1. The van der Waals surface area contributed by atoms with Gasteiger partial charge in [-0.2, -0.15) is 0 Å². The predicted octanol–water partition coefficient (Wildman–Crippen LogP) is -1.14. The highest BCUT2D eigenvalue weighted by Crippen LogP contribution is 2.11. The largest absolute Gasteiger partial charge is 0.325 e. The first-order valence-electron chi connectivity index (χ1n) is 5.07. The molecule has 0 atom stereocenters. The van der Waals surface area contributed by atoms with Crippen molar-refractivity contribution in [3.63, 3.8) is 0 Å². The molecule has 0 aliphatic rings. The third-order valence-corrected chi connectivity index (χ3v) is 4.58. The molecule has 0 fully saturated rings. The molecule has 7 nitrogen and oxygen atoms in total. The van der Waals surface area contributed by atoms with Crippen molar-refractivity contribution in [1.82, 2.24) is 9.71 Å². The lowest BCUT2D eigenvalue weighted by Gasteiger charge is -2.08. The van der Waals surface area contributed by atoms with Gasteiger partial charge in [0.05, 0.1) is 11.4 Å². The molecule has 3 N–H and O–H groups in total. The van der Waals surface area contributed by atoms with Gasteiger partial charge in [0.1, 0.15) is 14.7 Å². The van der Waals surface area contributed by atoms with E-state index in [1.165, 1.54) is 18.3 Å². The first-order valence-corrected chi connectivity index (χ1v) is 8.62. The van der Waals surface area contributed by atoms with E-state index in [4.69, 9.17) is 5.73 Å². The summed E-state index contributed by atoms with van der Waals surface area (Å²) in [7, 11) is -6.99. The Morgan fingerprint density at radius 3 is 2.56 bits per heavy atom. The third-order valence-electron chi connectivity index (χ3n) is 2.10. The molecule has 0 unspecified atom stereocenters. The van der Waals surface area contributed by atoms with Gasteiger partial charge in [-0.25, -0.2) is 21.6 Å². The molecule has 1 rings (SSSR count). The Kier molecular flexibility index (Phi) is 4.79. The second-order valence-electron chi connectivity index (χ2n) is 3.68. The monoisotopic (exact) mass is 293 g/mol. The average Bonchev–Trinajstić information content (AvgIpc) is 2.27. The van der Waals surface area contributed by atoms with Crippen LogP contribution in [0, 0.1) is 0 Å². The van der Waals surface area contributed by atoms with Crippen molar-refractivity contribution in [2.24, 2.45) is 5.73 Å². The molecule has 102 valence electrons. The zero-order valence-electron chi connectivity index (χ0n) is 9.83. The molecule has 0 aliphatic heterocycles. The molecule has 18 heavy (non-hydrogen) atoms. The van der Waals surface area contributed by atoms with E-state index in [9.17, 15) is 16.8 Å². The van der Waals surface area contributed by atoms with E-state index in [0.717, 1.165) is 6.26 Å². The van der Waals surface area contributed by atoms with Gasteiger partial charge in [0.25, 0.3) is 0 Å². The molecular weight excluding hydrogens is 278 g/mol. The molecule has 0 spiro atoms. The van der Waals surface area contributed by atoms with Gasteiger partial charge in [0, 0.05) is 25.5 Å². The Morgan fingerprint density at radius 2 is 2.00 bits per heavy atom. The number of pyridine rings is 1. The van der Waals surface area contributed by atoms with E-state index in [2.05, 4.69) is 9.71 Å². The maximum Gasteiger partial charge on any atom is 0.242 e. The summed E-state index contributed by atoms with van der Waals surface area (Å²) in [5.74, 6) is -0.259. The van der Waals surface area contributed by atoms with Crippen LogP contribution in [-0.2, 0) is 26.4 Å². The van der Waals surface area contributed by atoms with E-state index in [0.29, 0.717) is 0 Å². The predicted molar refractivity (Wildman–Crippen MR) is 67.0 cm³/mol. The SMILES string of the molecule is CS(=O)(=O)CCNS(=O)(=O)c1cccnc1CN. The normalized spacial score (nSPS) is 12.6. The van der Waals surface area contributed by atoms with E-state index in [-0.39, 0.29) is 29.4 Å². The summed E-state index contributed by atoms with van der Waals surface area (Å²) in [5.41, 5.74) is 5.63. The van der Waals surface area contributed by atoms with Gasteiger partial charge in [0.2, 0.25) is 10.0 Å². The number of nitrogens with one attached hydrogen (secondary N) is 1. The van der Waals surface area contributed by atoms with Crippen LogP contribution in [-0.4, -0.2) is 40.4 Å². The van der Waals surface area contributed by atoms with Crippen molar-refractivity contribution < 1.29 is 16.8 Å². The Bertz CT molecular complexity index is 610. The lowest BCUT2D eigenvalue weighted by atomic mass is 10.3. The fourth-order valence-electron chi connectivity index (χ4n) is 1.26. The van der Waals surface area contributed by atoms with Gasteiger partial charge in [-0.05, 0) is 12.1 Å². The number of aromatic nitrogens is 1. The highest BCUT2D eigenvalue weighted by molar-refractivity contribution is 7.91. The smallest absolute Gasteiger partial charge is 0.242 e. The van der Waals surface area contributed by atoms with Crippen LogP contribution in [0.5, 0.6) is 0 Å². The summed E-state index contributed by atoms with van der Waals surface area (Å²) < 4.78 is 47.8. The number of hydrogen-bond donors (Lipinski definition) is 2. The molecule has 0 amide bonds. The summed E-state index contributed by atoms with van der Waals surface area (Å²) in [5, 5.41) is 0. The fourth-order valence-corrected chi connectivity index (χ4v) is 3.09. The molecule has 0 aromatic carbocycles. The number of nitrogens with zero attached hydrogens (tertiary/aromatic N) is 1. The van der Waals surface area contributed by atoms with Crippen LogP contribution in [0.4, 0.5) is 0 Å². The minimum absolute atomic E-state index is 0.0108. The summed E-state index contributed by atoms with van der Waals surface area (Å²) >= 11 is 0. The zero-order valence-corrected chi connectivity index (χ0v) is 11.5. The minimum atomic E-state index is -3.78. The topological polar surface area (TPSA) is 119 Å². The van der Waals surface area contributed by atoms with Crippen LogP contribution in [0.25, 0.3) is 0 Å². The van der Waals surface area contributed by atoms with Gasteiger partial charge in [-0.3, -0.25) is 4.98 Å². The molecule has 9 heteroatoms. The van der Waals surface area contributed by atoms with Crippen molar-refractivity contribution in [1.29, 1.82) is 0 Å². The van der Waals surface area contributed by atoms with Crippen molar-refractivity contribution in [3.05, 3.63) is 24.0 Å². The first-order chi connectivity index (χ1) is 8.26. The summed E-state index contributed by atoms with van der Waals surface area (Å²) in [6.45, 7) is -0.191. The maximum atomic E-state index is 11.9. The van der Waals surface area contributed by atoms with E-state index >= 15 is 0 Å². The Labute approximate surface area is 106 Å². The second-order valence-corrected chi connectivity index (χ2v) is 7.68. The molecule has 1 aromatic heterocycles. The Balaban J connectivity index is 2.87. The zero-order chi connectivity index (χ0) is 13.8. The standard InChI is InChI=1S/C9H15N3O4S2/c1-17(13,14)6-5-12-18(15,16)9-3-2-4-11-8(9)7-10/h2-4,12H,5-7,10H2,1H3. The highest BCUT2D eigenvalue weighted by Gasteiger charge is 2.18. The van der Waals surface area contributed by atoms with Crippen molar-refractivity contribution in [2.45, 2.75) is 11.4 Å². The van der Waals surface area contributed by atoms with Gasteiger partial charge in [-0.15, -0.1) is 0 Å². The third kappa shape index (κ3) is 4.33. The summed E-state index contributed by atoms with van der Waals surface area (Å²) in [4.78, 5) is 3.83. The van der Waals surface area contributed by atoms with E-state index in [1.54, 1.807) is 0 Å². The van der Waals surface area contributed by atoms with Crippen LogP contribution < -0.4 is 10.5 Å². The van der Waals surface area contributed by atoms with Crippen molar-refractivity contribution in [2.75, 3.05) is 18.6 Å². The molecule has 0 radical (unpaired) electrons. The number of nitrogens with two attached hydrogens (primary N) is 1. The fraction of sp³-hybridized carbons (Fsp3) is 0.444. The van der Waals surface area contributed by atoms with Crippen LogP contribution in [0.3, 0.4) is 0 Å². The van der Waals surface area contributed by atoms with Gasteiger partial charge < -0.3 is 5.73 Å². The van der Waals surface area contributed by atoms with Crippen LogP contribution in [0.15, 0.2) is 23.2 Å². The van der Waals surface area contributed by atoms with Gasteiger partial charge in [0.15, 0.2) is 0 Å². The lowest BCUT2D eigenvalue weighted by molar-refractivity contribution is 0.580. The number of sulfone groups is 1. The van der Waals surface area contributed by atoms with E-state index < -0.39 is 19.9 Å². The number of hydrogen-bond acceptors (Lipinski definition) is 6. The molecule has 0 aliphatic carbocycles. The quantitative estimate of drug-likeness (QED) is 0.684. The van der Waals surface area contributed by atoms with Gasteiger partial charge >= 0.3 is 0 Å². The maximum absolute atomic E-state index is 11.9. The van der Waals surface area contributed by atoms with Crippen LogP contribution in [0.2, 0.25) is 0 Å². The molecule has 0 saturated carbocycles. The van der Waals surface area contributed by atoms with Gasteiger partial charge in [-0.1, -0.05) is 0 Å². The second kappa shape index (κ2) is 5.74. The van der Waals surface area contributed by atoms with Crippen molar-refractivity contribution >= 4 is 19.9 Å². The average molecular weight is 293 g/mol. The number of rotatable bonds is 6. The molecule has 1 heterocycles. The molecule has 0 saturated heterocycles. The molecular formula is C9H15N3O4S2.